The number of aliphatic carboxylic acids is 2. The van der Waals surface area contributed by atoms with Crippen molar-refractivity contribution in [3.8, 4) is 11.5 Å². The van der Waals surface area contributed by atoms with E-state index in [0.717, 1.165) is 0 Å². The molecule has 1 atom stereocenters. The number of carboxylic acids is 2. The van der Waals surface area contributed by atoms with Gasteiger partial charge in [-0.15, -0.1) is 0 Å². The third-order valence-corrected chi connectivity index (χ3v) is 2.71. The van der Waals surface area contributed by atoms with E-state index >= 15 is 0 Å². The van der Waals surface area contributed by atoms with Gasteiger partial charge >= 0.3 is 59.1 Å². The summed E-state index contributed by atoms with van der Waals surface area (Å²) in [5.41, 5.74) is 0.301. The van der Waals surface area contributed by atoms with Crippen molar-refractivity contribution < 1.29 is 93.9 Å². The minimum atomic E-state index is -1.73. The van der Waals surface area contributed by atoms with Crippen LogP contribution in [0.15, 0.2) is 18.2 Å². The largest absolute Gasteiger partial charge is 1.00 e. The molecular weight excluding hydrogens is 328 g/mol. The van der Waals surface area contributed by atoms with Crippen molar-refractivity contribution in [3.63, 3.8) is 0 Å². The van der Waals surface area contributed by atoms with Crippen LogP contribution in [-0.4, -0.2) is 34.1 Å². The van der Waals surface area contributed by atoms with Gasteiger partial charge in [0.25, 0.3) is 0 Å². The number of nitrogens with one attached hydrogen (secondary N) is 1. The van der Waals surface area contributed by atoms with Gasteiger partial charge in [-0.1, -0.05) is 12.1 Å². The number of para-hydroxylation sites is 1. The van der Waals surface area contributed by atoms with Crippen LogP contribution in [0.2, 0.25) is 0 Å². The molecule has 114 valence electrons. The van der Waals surface area contributed by atoms with Crippen molar-refractivity contribution in [2.45, 2.75) is 25.3 Å². The van der Waals surface area contributed by atoms with Crippen LogP contribution in [-0.2, 0) is 20.8 Å². The molecule has 0 unspecified atom stereocenters. The van der Waals surface area contributed by atoms with Gasteiger partial charge in [0.15, 0.2) is 11.5 Å². The third kappa shape index (κ3) is 8.59. The fourth-order valence-corrected chi connectivity index (χ4v) is 1.65. The zero-order valence-corrected chi connectivity index (χ0v) is 16.9. The first-order valence-corrected chi connectivity index (χ1v) is 6.01. The van der Waals surface area contributed by atoms with Gasteiger partial charge in [0.2, 0.25) is 5.91 Å². The minimum Gasteiger partial charge on any atom is -0.550 e. The maximum atomic E-state index is 11.5. The third-order valence-electron chi connectivity index (χ3n) is 2.71. The van der Waals surface area contributed by atoms with Gasteiger partial charge in [-0.2, -0.15) is 0 Å². The Balaban J connectivity index is 0. The van der Waals surface area contributed by atoms with E-state index in [0.29, 0.717) is 5.56 Å². The number of carboxylic acid groups (broad SMARTS) is 2. The molecule has 0 heterocycles. The summed E-state index contributed by atoms with van der Waals surface area (Å²) in [5.74, 6) is -4.79. The maximum Gasteiger partial charge on any atom is 1.00 e. The van der Waals surface area contributed by atoms with Crippen LogP contribution in [0.3, 0.4) is 0 Å². The molecule has 1 aromatic rings. The maximum absolute atomic E-state index is 11.5. The Morgan fingerprint density at radius 1 is 1.13 bits per heavy atom. The number of hydrogen-bond donors (Lipinski definition) is 3. The first-order valence-electron chi connectivity index (χ1n) is 6.01. The molecule has 0 spiro atoms. The van der Waals surface area contributed by atoms with E-state index in [9.17, 15) is 34.8 Å². The van der Waals surface area contributed by atoms with Crippen LogP contribution >= 0.6 is 0 Å². The van der Waals surface area contributed by atoms with Crippen molar-refractivity contribution >= 4 is 17.8 Å². The van der Waals surface area contributed by atoms with Gasteiger partial charge in [0, 0.05) is 18.8 Å². The summed E-state index contributed by atoms with van der Waals surface area (Å²) in [6.07, 6.45) is -1.06. The molecular formula is C13H13NNa2O7. The van der Waals surface area contributed by atoms with Gasteiger partial charge in [0.1, 0.15) is 0 Å². The van der Waals surface area contributed by atoms with Gasteiger partial charge in [-0.3, -0.25) is 4.79 Å². The van der Waals surface area contributed by atoms with Crippen molar-refractivity contribution in [2.75, 3.05) is 0 Å². The SMILES string of the molecule is O=C([O-])C[C@H](NC(=O)CCc1cccc(O)c1O)C(=O)[O-].[Na+].[Na+]. The summed E-state index contributed by atoms with van der Waals surface area (Å²) in [6, 6.07) is 2.55. The summed E-state index contributed by atoms with van der Waals surface area (Å²) < 4.78 is 0. The van der Waals surface area contributed by atoms with Gasteiger partial charge < -0.3 is 35.3 Å². The monoisotopic (exact) mass is 341 g/mol. The smallest absolute Gasteiger partial charge is 0.550 e. The molecule has 1 rings (SSSR count). The number of amides is 1. The first kappa shape index (κ1) is 24.5. The molecule has 10 heteroatoms. The van der Waals surface area contributed by atoms with Crippen LogP contribution in [0.4, 0.5) is 0 Å². The molecule has 0 bridgehead atoms. The van der Waals surface area contributed by atoms with E-state index in [1.807, 2.05) is 5.32 Å². The Labute approximate surface area is 176 Å². The Kier molecular flexibility index (Phi) is 12.5. The van der Waals surface area contributed by atoms with E-state index in [1.54, 1.807) is 0 Å². The molecule has 1 aromatic carbocycles. The zero-order valence-electron chi connectivity index (χ0n) is 12.9. The number of rotatable bonds is 7. The average molecular weight is 341 g/mol. The Morgan fingerprint density at radius 3 is 2.26 bits per heavy atom. The molecule has 0 fully saturated rings. The molecule has 0 radical (unpaired) electrons. The van der Waals surface area contributed by atoms with Gasteiger partial charge in [-0.25, -0.2) is 0 Å². The topological polar surface area (TPSA) is 150 Å². The first-order chi connectivity index (χ1) is 9.81. The van der Waals surface area contributed by atoms with Crippen molar-refractivity contribution in [3.05, 3.63) is 23.8 Å². The van der Waals surface area contributed by atoms with Crippen LogP contribution < -0.4 is 74.6 Å². The summed E-state index contributed by atoms with van der Waals surface area (Å²) in [7, 11) is 0. The number of hydrogen-bond acceptors (Lipinski definition) is 7. The summed E-state index contributed by atoms with van der Waals surface area (Å²) in [6.45, 7) is 0. The predicted molar refractivity (Wildman–Crippen MR) is 64.7 cm³/mol. The molecule has 0 aliphatic rings. The van der Waals surface area contributed by atoms with Crippen molar-refractivity contribution in [1.29, 1.82) is 0 Å². The van der Waals surface area contributed by atoms with E-state index in [-0.39, 0.29) is 83.5 Å². The Hall–Kier alpha value is -0.770. The number of phenols is 2. The zero-order chi connectivity index (χ0) is 16.0. The van der Waals surface area contributed by atoms with E-state index < -0.39 is 30.3 Å². The van der Waals surface area contributed by atoms with Crippen molar-refractivity contribution in [1.82, 2.24) is 5.32 Å². The van der Waals surface area contributed by atoms with Gasteiger partial charge in [0.05, 0.1) is 12.0 Å². The fraction of sp³-hybridized carbons (Fsp3) is 0.308. The quantitative estimate of drug-likeness (QED) is 0.329. The van der Waals surface area contributed by atoms with Crippen LogP contribution in [0, 0.1) is 0 Å². The molecule has 8 nitrogen and oxygen atoms in total. The summed E-state index contributed by atoms with van der Waals surface area (Å²) >= 11 is 0. The second-order valence-corrected chi connectivity index (χ2v) is 4.30. The minimum absolute atomic E-state index is 0. The second-order valence-electron chi connectivity index (χ2n) is 4.30. The molecule has 0 aliphatic carbocycles. The summed E-state index contributed by atoms with van der Waals surface area (Å²) in [5, 5.41) is 41.8. The molecule has 23 heavy (non-hydrogen) atoms. The molecule has 0 aromatic heterocycles. The fourth-order valence-electron chi connectivity index (χ4n) is 1.65. The van der Waals surface area contributed by atoms with E-state index in [4.69, 9.17) is 0 Å². The molecule has 0 saturated heterocycles. The number of aryl methyl sites for hydroxylation is 1. The average Bonchev–Trinajstić information content (AvgIpc) is 2.39. The number of carbonyl (C=O) groups is 3. The number of benzene rings is 1. The van der Waals surface area contributed by atoms with E-state index in [1.165, 1.54) is 18.2 Å². The standard InChI is InChI=1S/C13H15NO7.2Na/c15-9-3-1-2-7(12(9)19)4-5-10(16)14-8(13(20)21)6-11(17)18;;/h1-3,8,15,19H,4-6H2,(H,14,16)(H,17,18)(H,20,21);;/q;2*+1/p-2/t8-;;/m0../s1. The second kappa shape index (κ2) is 11.7. The van der Waals surface area contributed by atoms with Crippen LogP contribution in [0.1, 0.15) is 18.4 Å². The Morgan fingerprint density at radius 2 is 1.74 bits per heavy atom. The predicted octanol–water partition coefficient (Wildman–Crippen LogP) is -8.59. The number of carbonyl (C=O) groups excluding carboxylic acids is 3. The molecule has 1 amide bonds. The molecule has 0 aliphatic heterocycles. The normalized spacial score (nSPS) is 10.6. The number of phenolic OH excluding ortho intramolecular Hbond substituents is 2. The van der Waals surface area contributed by atoms with E-state index in [2.05, 4.69) is 0 Å². The summed E-state index contributed by atoms with van der Waals surface area (Å²) in [4.78, 5) is 32.5. The van der Waals surface area contributed by atoms with Crippen LogP contribution in [0.5, 0.6) is 11.5 Å². The molecule has 3 N–H and O–H groups in total. The number of aromatic hydroxyl groups is 2. The van der Waals surface area contributed by atoms with Crippen molar-refractivity contribution in [2.24, 2.45) is 0 Å². The Bertz CT molecular complexity index is 565. The van der Waals surface area contributed by atoms with Crippen LogP contribution in [0.25, 0.3) is 0 Å². The molecule has 0 saturated carbocycles. The van der Waals surface area contributed by atoms with Gasteiger partial charge in [-0.05, 0) is 18.1 Å².